The number of rotatable bonds is 6. The number of nitrogens with zero attached hydrogens (tertiary/aromatic N) is 1. The molecule has 194 valence electrons. The van der Waals surface area contributed by atoms with Crippen molar-refractivity contribution in [3.05, 3.63) is 98.5 Å². The number of amides is 1. The molecule has 3 aromatic rings. The fourth-order valence-corrected chi connectivity index (χ4v) is 5.56. The van der Waals surface area contributed by atoms with Gasteiger partial charge in [-0.15, -0.1) is 0 Å². The molecular weight excluding hydrogens is 531 g/mol. The Bertz CT molecular complexity index is 1190. The maximum absolute atomic E-state index is 14.5. The van der Waals surface area contributed by atoms with Gasteiger partial charge in [0.05, 0.1) is 18.7 Å². The third kappa shape index (κ3) is 5.32. The van der Waals surface area contributed by atoms with Crippen LogP contribution in [0.4, 0.5) is 0 Å². The van der Waals surface area contributed by atoms with E-state index in [-0.39, 0.29) is 18.0 Å². The van der Waals surface area contributed by atoms with Gasteiger partial charge in [0.25, 0.3) is 5.91 Å². The zero-order chi connectivity index (χ0) is 26.0. The van der Waals surface area contributed by atoms with Crippen LogP contribution < -0.4 is 20.7 Å². The van der Waals surface area contributed by atoms with Gasteiger partial charge in [-0.25, -0.2) is 0 Å². The van der Waals surface area contributed by atoms with Crippen LogP contribution in [0.25, 0.3) is 0 Å². The highest BCUT2D eigenvalue weighted by Gasteiger charge is 2.54. The molecule has 0 bridgehead atoms. The first kappa shape index (κ1) is 26.3. The normalized spacial score (nSPS) is 23.7. The van der Waals surface area contributed by atoms with E-state index in [1.54, 1.807) is 12.1 Å². The second-order valence-corrected chi connectivity index (χ2v) is 10.5. The third-order valence-corrected chi connectivity index (χ3v) is 7.65. The number of hydrogen-bond acceptors (Lipinski definition) is 5. The van der Waals surface area contributed by atoms with Crippen LogP contribution in [0.3, 0.4) is 0 Å². The number of piperazine rings is 1. The van der Waals surface area contributed by atoms with Crippen molar-refractivity contribution >= 4 is 40.7 Å². The Labute approximate surface area is 232 Å². The van der Waals surface area contributed by atoms with Gasteiger partial charge in [0.2, 0.25) is 0 Å². The molecule has 1 amide bonds. The molecule has 2 heterocycles. The summed E-state index contributed by atoms with van der Waals surface area (Å²) >= 11 is 18.8. The van der Waals surface area contributed by atoms with Gasteiger partial charge in [-0.1, -0.05) is 65.1 Å². The van der Waals surface area contributed by atoms with E-state index in [0.717, 1.165) is 24.2 Å². The molecule has 2 saturated heterocycles. The molecule has 3 N–H and O–H groups in total. The molecule has 0 spiro atoms. The van der Waals surface area contributed by atoms with Crippen LogP contribution in [-0.2, 0) is 10.5 Å². The van der Waals surface area contributed by atoms with Crippen LogP contribution >= 0.6 is 34.8 Å². The van der Waals surface area contributed by atoms with E-state index in [0.29, 0.717) is 46.1 Å². The maximum Gasteiger partial charge on any atom is 0.262 e. The molecule has 2 atom stereocenters. The number of carbonyl (C=O) groups excluding carboxylic acids is 1. The van der Waals surface area contributed by atoms with Crippen molar-refractivity contribution in [1.29, 1.82) is 0 Å². The Hall–Kier alpha value is -2.32. The van der Waals surface area contributed by atoms with Crippen molar-refractivity contribution < 1.29 is 9.53 Å². The molecular formula is C28H29Cl3N4O2. The van der Waals surface area contributed by atoms with E-state index < -0.39 is 5.66 Å². The van der Waals surface area contributed by atoms with Crippen LogP contribution in [-0.4, -0.2) is 43.6 Å². The molecule has 37 heavy (non-hydrogen) atoms. The number of halogens is 3. The second kappa shape index (κ2) is 11.2. The first-order valence-corrected chi connectivity index (χ1v) is 13.5. The van der Waals surface area contributed by atoms with E-state index in [1.807, 2.05) is 66.4 Å². The van der Waals surface area contributed by atoms with Gasteiger partial charge in [-0.2, -0.15) is 0 Å². The topological polar surface area (TPSA) is 65.6 Å². The third-order valence-electron chi connectivity index (χ3n) is 6.91. The Kier molecular flexibility index (Phi) is 7.96. The molecule has 3 aromatic carbocycles. The number of ether oxygens (including phenoxy) is 1. The second-order valence-electron chi connectivity index (χ2n) is 9.21. The summed E-state index contributed by atoms with van der Waals surface area (Å²) in [6.45, 7) is 5.05. The highest BCUT2D eigenvalue weighted by Crippen LogP contribution is 2.45. The molecule has 2 aliphatic heterocycles. The molecule has 2 aliphatic rings. The monoisotopic (exact) mass is 558 g/mol. The van der Waals surface area contributed by atoms with Crippen LogP contribution in [0.15, 0.2) is 66.7 Å². The summed E-state index contributed by atoms with van der Waals surface area (Å²) in [5.74, 6) is 0.498. The van der Waals surface area contributed by atoms with Gasteiger partial charge >= 0.3 is 0 Å². The lowest BCUT2D eigenvalue weighted by atomic mass is 9.95. The highest BCUT2D eigenvalue weighted by atomic mass is 35.5. The van der Waals surface area contributed by atoms with E-state index in [4.69, 9.17) is 39.5 Å². The standard InChI is InChI=1S/C28H29Cl3N4O2/c1-2-37-24-17-22(31)11-12-23(24)28(27(36)35-15-13-32-14-16-35)33-25(18-3-7-20(29)8-4-18)26(34-28)19-5-9-21(30)10-6-19/h3-12,17,25-26,32-34H,2,13-16H2,1H3. The molecule has 2 fully saturated rings. The van der Waals surface area contributed by atoms with E-state index in [9.17, 15) is 4.79 Å². The largest absolute Gasteiger partial charge is 0.493 e. The van der Waals surface area contributed by atoms with Gasteiger partial charge in [0.1, 0.15) is 5.75 Å². The van der Waals surface area contributed by atoms with Crippen molar-refractivity contribution in [1.82, 2.24) is 20.9 Å². The summed E-state index contributed by atoms with van der Waals surface area (Å²) < 4.78 is 6.02. The number of carbonyl (C=O) groups is 1. The SMILES string of the molecule is CCOc1cc(Cl)ccc1C1(C(=O)N2CCNCC2)NC(c2ccc(Cl)cc2)C(c2ccc(Cl)cc2)N1. The van der Waals surface area contributed by atoms with Crippen molar-refractivity contribution in [3.8, 4) is 5.75 Å². The van der Waals surface area contributed by atoms with Crippen LogP contribution in [0.1, 0.15) is 35.7 Å². The number of hydrogen-bond donors (Lipinski definition) is 3. The summed E-state index contributed by atoms with van der Waals surface area (Å²) in [7, 11) is 0. The summed E-state index contributed by atoms with van der Waals surface area (Å²) in [5.41, 5.74) is 1.43. The van der Waals surface area contributed by atoms with Crippen LogP contribution in [0.5, 0.6) is 5.75 Å². The predicted molar refractivity (Wildman–Crippen MR) is 148 cm³/mol. The average molecular weight is 560 g/mol. The Balaban J connectivity index is 1.68. The zero-order valence-electron chi connectivity index (χ0n) is 20.4. The van der Waals surface area contributed by atoms with Crippen molar-refractivity contribution in [2.75, 3.05) is 32.8 Å². The minimum absolute atomic E-state index is 0.0623. The first-order chi connectivity index (χ1) is 17.9. The zero-order valence-corrected chi connectivity index (χ0v) is 22.7. The summed E-state index contributed by atoms with van der Waals surface area (Å²) in [6.07, 6.45) is 0. The highest BCUT2D eigenvalue weighted by molar-refractivity contribution is 6.31. The van der Waals surface area contributed by atoms with Crippen molar-refractivity contribution in [2.45, 2.75) is 24.7 Å². The molecule has 5 rings (SSSR count). The minimum atomic E-state index is -1.26. The summed E-state index contributed by atoms with van der Waals surface area (Å²) in [5, 5.41) is 12.6. The molecule has 0 aromatic heterocycles. The average Bonchev–Trinajstić information content (AvgIpc) is 3.31. The molecule has 0 radical (unpaired) electrons. The van der Waals surface area contributed by atoms with E-state index in [1.165, 1.54) is 0 Å². The lowest BCUT2D eigenvalue weighted by molar-refractivity contribution is -0.140. The first-order valence-electron chi connectivity index (χ1n) is 12.4. The van der Waals surface area contributed by atoms with Crippen LogP contribution in [0.2, 0.25) is 15.1 Å². The van der Waals surface area contributed by atoms with E-state index in [2.05, 4.69) is 16.0 Å². The number of nitrogens with one attached hydrogen (secondary N) is 3. The van der Waals surface area contributed by atoms with Gasteiger partial charge in [-0.05, 0) is 54.4 Å². The Morgan fingerprint density at radius 3 is 1.89 bits per heavy atom. The van der Waals surface area contributed by atoms with Crippen molar-refractivity contribution in [2.24, 2.45) is 0 Å². The molecule has 0 aliphatic carbocycles. The fraction of sp³-hybridized carbons (Fsp3) is 0.321. The maximum atomic E-state index is 14.5. The Morgan fingerprint density at radius 1 is 0.865 bits per heavy atom. The minimum Gasteiger partial charge on any atom is -0.493 e. The number of benzene rings is 3. The quantitative estimate of drug-likeness (QED) is 0.382. The smallest absolute Gasteiger partial charge is 0.262 e. The van der Waals surface area contributed by atoms with Crippen molar-refractivity contribution in [3.63, 3.8) is 0 Å². The van der Waals surface area contributed by atoms with Gasteiger partial charge < -0.3 is 15.0 Å². The van der Waals surface area contributed by atoms with Gasteiger partial charge in [0.15, 0.2) is 5.66 Å². The van der Waals surface area contributed by atoms with Gasteiger partial charge in [0, 0.05) is 46.8 Å². The lowest BCUT2D eigenvalue weighted by Crippen LogP contribution is -2.61. The molecule has 6 nitrogen and oxygen atoms in total. The molecule has 9 heteroatoms. The predicted octanol–water partition coefficient (Wildman–Crippen LogP) is 5.31. The Morgan fingerprint density at radius 2 is 1.38 bits per heavy atom. The molecule has 0 saturated carbocycles. The lowest BCUT2D eigenvalue weighted by Gasteiger charge is -2.38. The van der Waals surface area contributed by atoms with Crippen LogP contribution in [0, 0.1) is 0 Å². The van der Waals surface area contributed by atoms with Gasteiger partial charge in [-0.3, -0.25) is 15.4 Å². The summed E-state index contributed by atoms with van der Waals surface area (Å²) in [6, 6.07) is 20.3. The summed E-state index contributed by atoms with van der Waals surface area (Å²) in [4.78, 5) is 16.4. The molecule has 2 unspecified atom stereocenters. The fourth-order valence-electron chi connectivity index (χ4n) is 5.15. The van der Waals surface area contributed by atoms with E-state index >= 15 is 0 Å².